The molecule has 2 aliphatic heterocycles. The maximum atomic E-state index is 2.91. The molecule has 8 saturated carbocycles. The Hall–Kier alpha value is -5.28. The van der Waals surface area contributed by atoms with E-state index in [-0.39, 0.29) is 23.1 Å². The molecule has 0 amide bonds. The second-order valence-electron chi connectivity index (χ2n) is 27.2. The van der Waals surface area contributed by atoms with Gasteiger partial charge in [-0.3, -0.25) is 0 Å². The third-order valence-electron chi connectivity index (χ3n) is 22.2. The van der Waals surface area contributed by atoms with E-state index in [1.807, 2.05) is 0 Å². The molecule has 7 aromatic carbocycles. The molecule has 0 spiro atoms. The van der Waals surface area contributed by atoms with Crippen LogP contribution >= 0.6 is 0 Å². The fourth-order valence-corrected chi connectivity index (χ4v) is 19.8. The number of hydrogen-bond acceptors (Lipinski definition) is 1. The zero-order valence-electron chi connectivity index (χ0n) is 42.2. The Bertz CT molecular complexity index is 3600. The summed E-state index contributed by atoms with van der Waals surface area (Å²) >= 11 is 0. The van der Waals surface area contributed by atoms with Crippen LogP contribution in [0.5, 0.6) is 0 Å². The van der Waals surface area contributed by atoms with Gasteiger partial charge in [0.15, 0.2) is 0 Å². The Morgan fingerprint density at radius 1 is 0.500 bits per heavy atom. The summed E-state index contributed by atoms with van der Waals surface area (Å²) in [6.07, 6.45) is 19.7. The molecule has 11 aliphatic rings. The van der Waals surface area contributed by atoms with Crippen LogP contribution in [0, 0.1) is 42.4 Å². The van der Waals surface area contributed by atoms with E-state index in [1.165, 1.54) is 183 Å². The fourth-order valence-electron chi connectivity index (χ4n) is 19.8. The molecule has 0 N–H and O–H groups in total. The minimum absolute atomic E-state index is 0.0297. The molecule has 8 aromatic rings. The number of aryl methyl sites for hydroxylation is 1. The lowest BCUT2D eigenvalue weighted by Gasteiger charge is -2.57. The maximum absolute atomic E-state index is 2.91. The summed E-state index contributed by atoms with van der Waals surface area (Å²) in [4.78, 5) is 2.79. The van der Waals surface area contributed by atoms with Crippen molar-refractivity contribution in [1.29, 1.82) is 0 Å². The van der Waals surface area contributed by atoms with Crippen molar-refractivity contribution in [3.63, 3.8) is 0 Å². The van der Waals surface area contributed by atoms with E-state index in [1.54, 1.807) is 16.7 Å². The normalized spacial score (nSPS) is 31.0. The second kappa shape index (κ2) is 13.2. The minimum Gasteiger partial charge on any atom is -0.375 e. The molecule has 0 saturated heterocycles. The van der Waals surface area contributed by atoms with Crippen LogP contribution in [0.4, 0.5) is 17.1 Å². The summed E-state index contributed by atoms with van der Waals surface area (Å²) in [5, 5.41) is 8.47. The van der Waals surface area contributed by atoms with Crippen molar-refractivity contribution in [2.24, 2.45) is 35.5 Å². The fraction of sp³-hybridized carbons (Fsp3) is 0.433. The monoisotopic (exact) mass is 911 g/mol. The van der Waals surface area contributed by atoms with Crippen LogP contribution in [0.1, 0.15) is 145 Å². The first-order valence-electron chi connectivity index (χ1n) is 28.1. The van der Waals surface area contributed by atoms with Gasteiger partial charge in [0.05, 0.1) is 5.69 Å². The van der Waals surface area contributed by atoms with E-state index in [2.05, 4.69) is 153 Å². The first-order chi connectivity index (χ1) is 33.9. The van der Waals surface area contributed by atoms with Gasteiger partial charge in [-0.15, -0.1) is 0 Å². The van der Waals surface area contributed by atoms with Crippen LogP contribution in [0.15, 0.2) is 109 Å². The summed E-state index contributed by atoms with van der Waals surface area (Å²) in [6.45, 7) is 12.4. The highest BCUT2D eigenvalue weighted by molar-refractivity contribution is 6.90. The molecule has 8 bridgehead atoms. The third kappa shape index (κ3) is 5.14. The molecule has 348 valence electrons. The van der Waals surface area contributed by atoms with E-state index >= 15 is 0 Å². The molecule has 3 heteroatoms. The Balaban J connectivity index is 1.00. The van der Waals surface area contributed by atoms with Gasteiger partial charge in [-0.2, -0.15) is 0 Å². The van der Waals surface area contributed by atoms with E-state index in [0.29, 0.717) is 5.41 Å². The molecular formula is C67H67BN2. The van der Waals surface area contributed by atoms with Gasteiger partial charge in [-0.05, 0) is 251 Å². The highest BCUT2D eigenvalue weighted by Crippen LogP contribution is 2.64. The van der Waals surface area contributed by atoms with E-state index in [4.69, 9.17) is 0 Å². The van der Waals surface area contributed by atoms with Gasteiger partial charge in [-0.25, -0.2) is 0 Å². The van der Waals surface area contributed by atoms with E-state index < -0.39 is 0 Å². The van der Waals surface area contributed by atoms with Gasteiger partial charge in [-0.1, -0.05) is 100 Å². The largest absolute Gasteiger partial charge is 0.375 e. The molecular weight excluding hydrogens is 844 g/mol. The molecule has 70 heavy (non-hydrogen) atoms. The van der Waals surface area contributed by atoms with Crippen LogP contribution < -0.4 is 15.8 Å². The van der Waals surface area contributed by atoms with Crippen molar-refractivity contribution in [2.75, 3.05) is 4.90 Å². The van der Waals surface area contributed by atoms with Crippen LogP contribution in [0.25, 0.3) is 54.5 Å². The lowest BCUT2D eigenvalue weighted by atomic mass is 9.44. The number of benzene rings is 7. The minimum atomic E-state index is 0.0297. The quantitative estimate of drug-likeness (QED) is 0.160. The van der Waals surface area contributed by atoms with Gasteiger partial charge in [0.1, 0.15) is 0 Å². The predicted octanol–water partition coefficient (Wildman–Crippen LogP) is 16.1. The van der Waals surface area contributed by atoms with Gasteiger partial charge >= 0.3 is 6.85 Å². The number of anilines is 3. The van der Waals surface area contributed by atoms with Gasteiger partial charge < -0.3 is 9.38 Å². The average Bonchev–Trinajstić information content (AvgIpc) is 3.67. The summed E-state index contributed by atoms with van der Waals surface area (Å²) in [5.74, 6) is 5.46. The first-order valence-corrected chi connectivity index (χ1v) is 28.1. The van der Waals surface area contributed by atoms with Gasteiger partial charge in [0, 0.05) is 44.1 Å². The van der Waals surface area contributed by atoms with E-state index in [0.717, 1.165) is 35.5 Å². The molecule has 0 atom stereocenters. The highest BCUT2D eigenvalue weighted by atomic mass is 15.2. The van der Waals surface area contributed by atoms with Crippen molar-refractivity contribution >= 4 is 78.2 Å². The summed E-state index contributed by atoms with van der Waals surface area (Å²) < 4.78 is 2.91. The van der Waals surface area contributed by atoms with Crippen LogP contribution in [-0.4, -0.2) is 11.3 Å². The molecule has 0 radical (unpaired) electrons. The van der Waals surface area contributed by atoms with Gasteiger partial charge in [0.25, 0.3) is 0 Å². The SMILES string of the molecule is Cc1cc2c(cc1N1c3cc4ccccc4c4c3B(c3ccc5ccccc5c31)n1c3ccc(C56CC7CC(CC(C7)C5)C6)cc3c3cc(C56CC7CC(CC(C7)C5)C6)cc-4c31)C(C)(C)CCC2(C)C. The van der Waals surface area contributed by atoms with Crippen LogP contribution in [-0.2, 0) is 21.7 Å². The van der Waals surface area contributed by atoms with Crippen molar-refractivity contribution in [3.8, 4) is 11.1 Å². The molecule has 19 rings (SSSR count). The number of hydrogen-bond donors (Lipinski definition) is 0. The third-order valence-corrected chi connectivity index (χ3v) is 22.2. The van der Waals surface area contributed by atoms with Crippen LogP contribution in [0.2, 0.25) is 0 Å². The standard InChI is InChI=1S/C67H67BN2/c1-38-20-54-55(65(4,5)19-18-64(54,2)3)31-58(38)69-59-27-46-11-7-8-12-49(46)60-53-30-48(67-35-42-24-43(36-67)26-44(25-42)37-67)29-52-51-28-47(66-32-39-21-40(33-66)23-41(22-39)34-66)15-17-57(51)70(62(52)53)68(61(59)60)56-16-14-45-10-6-9-13-50(45)63(56)69/h6-17,20,27-31,39-44H,18-19,21-26,32-37H2,1-5H3. The predicted molar refractivity (Wildman–Crippen MR) is 295 cm³/mol. The molecule has 9 aliphatic carbocycles. The number of nitrogens with zero attached hydrogens (tertiary/aromatic N) is 2. The molecule has 3 heterocycles. The molecule has 1 aromatic heterocycles. The Kier molecular flexibility index (Phi) is 7.62. The van der Waals surface area contributed by atoms with E-state index in [9.17, 15) is 0 Å². The first kappa shape index (κ1) is 40.3. The van der Waals surface area contributed by atoms with Crippen LogP contribution in [0.3, 0.4) is 0 Å². The summed E-state index contributed by atoms with van der Waals surface area (Å²) in [5.41, 5.74) is 21.5. The second-order valence-corrected chi connectivity index (χ2v) is 27.2. The van der Waals surface area contributed by atoms with Gasteiger partial charge in [0.2, 0.25) is 0 Å². The lowest BCUT2D eigenvalue weighted by Crippen LogP contribution is -2.57. The number of rotatable bonds is 3. The summed E-state index contributed by atoms with van der Waals surface area (Å²) in [6, 6.07) is 45.4. The molecule has 0 unspecified atom stereocenters. The van der Waals surface area contributed by atoms with Crippen molar-refractivity contribution < 1.29 is 0 Å². The lowest BCUT2D eigenvalue weighted by molar-refractivity contribution is -0.00527. The zero-order valence-corrected chi connectivity index (χ0v) is 42.2. The maximum Gasteiger partial charge on any atom is 0.333 e. The Morgan fingerprint density at radius 2 is 1.07 bits per heavy atom. The van der Waals surface area contributed by atoms with Crippen molar-refractivity contribution in [2.45, 2.75) is 146 Å². The number of fused-ring (bicyclic) bond motifs is 12. The highest BCUT2D eigenvalue weighted by Gasteiger charge is 2.54. The topological polar surface area (TPSA) is 8.17 Å². The zero-order chi connectivity index (χ0) is 46.4. The Labute approximate surface area is 415 Å². The number of aromatic nitrogens is 1. The Morgan fingerprint density at radius 3 is 1.73 bits per heavy atom. The van der Waals surface area contributed by atoms with Crippen molar-refractivity contribution in [3.05, 3.63) is 137 Å². The summed E-state index contributed by atoms with van der Waals surface area (Å²) in [7, 11) is 0. The molecule has 8 fully saturated rings. The molecule has 2 nitrogen and oxygen atoms in total. The van der Waals surface area contributed by atoms with Crippen molar-refractivity contribution in [1.82, 2.24) is 4.48 Å². The smallest absolute Gasteiger partial charge is 0.333 e. The average molecular weight is 911 g/mol.